The maximum absolute atomic E-state index is 14.1. The lowest BCUT2D eigenvalue weighted by atomic mass is 10.1. The molecule has 3 aromatic rings. The second-order valence-electron chi connectivity index (χ2n) is 7.28. The third kappa shape index (κ3) is 4.83. The Bertz CT molecular complexity index is 831. The van der Waals surface area contributed by atoms with Gasteiger partial charge in [-0.25, -0.2) is 4.39 Å². The first-order valence-electron chi connectivity index (χ1n) is 9.11. The van der Waals surface area contributed by atoms with Gasteiger partial charge in [0.1, 0.15) is 5.75 Å². The highest BCUT2D eigenvalue weighted by molar-refractivity contribution is 6.89. The quantitative estimate of drug-likeness (QED) is 0.456. The molecule has 0 unspecified atom stereocenters. The highest BCUT2D eigenvalue weighted by Crippen LogP contribution is 2.26. The van der Waals surface area contributed by atoms with Crippen molar-refractivity contribution in [2.24, 2.45) is 0 Å². The average molecular weight is 365 g/mol. The van der Waals surface area contributed by atoms with E-state index in [0.29, 0.717) is 11.5 Å². The van der Waals surface area contributed by atoms with Crippen LogP contribution < -0.4 is 9.92 Å². The summed E-state index contributed by atoms with van der Waals surface area (Å²) in [5, 5.41) is 1.49. The number of halogens is 1. The molecule has 0 spiro atoms. The summed E-state index contributed by atoms with van der Waals surface area (Å²) >= 11 is 0. The van der Waals surface area contributed by atoms with E-state index >= 15 is 0 Å². The zero-order valence-electron chi connectivity index (χ0n) is 15.4. The number of aryl methyl sites for hydroxylation is 1. The van der Waals surface area contributed by atoms with Gasteiger partial charge in [0.25, 0.3) is 0 Å². The van der Waals surface area contributed by atoms with Crippen molar-refractivity contribution in [3.8, 4) is 11.5 Å². The monoisotopic (exact) mass is 364 g/mol. The molecule has 0 aliphatic rings. The molecule has 3 rings (SSSR count). The fourth-order valence-electron chi connectivity index (χ4n) is 3.17. The molecule has 3 aromatic carbocycles. The van der Waals surface area contributed by atoms with E-state index in [1.165, 1.54) is 17.3 Å². The molecule has 26 heavy (non-hydrogen) atoms. The highest BCUT2D eigenvalue weighted by Gasteiger charge is 2.22. The fourth-order valence-corrected chi connectivity index (χ4v) is 5.61. The predicted octanol–water partition coefficient (Wildman–Crippen LogP) is 6.17. The van der Waals surface area contributed by atoms with E-state index in [-0.39, 0.29) is 5.82 Å². The lowest BCUT2D eigenvalue weighted by Gasteiger charge is -2.23. The van der Waals surface area contributed by atoms with E-state index < -0.39 is 8.07 Å². The first-order chi connectivity index (χ1) is 12.5. The van der Waals surface area contributed by atoms with Gasteiger partial charge in [0.15, 0.2) is 11.6 Å². The average Bonchev–Trinajstić information content (AvgIpc) is 2.66. The fraction of sp³-hybridized carbons (Fsp3) is 0.217. The number of hydrogen-bond donors (Lipinski definition) is 0. The molecule has 134 valence electrons. The van der Waals surface area contributed by atoms with Gasteiger partial charge in [-0.05, 0) is 36.2 Å². The minimum Gasteiger partial charge on any atom is -0.454 e. The Labute approximate surface area is 156 Å². The van der Waals surface area contributed by atoms with Crippen molar-refractivity contribution in [3.63, 3.8) is 0 Å². The van der Waals surface area contributed by atoms with Crippen LogP contribution in [0.4, 0.5) is 4.39 Å². The van der Waals surface area contributed by atoms with Crippen LogP contribution in [0.25, 0.3) is 0 Å². The molecule has 0 aliphatic heterocycles. The van der Waals surface area contributed by atoms with Crippen LogP contribution in [0.2, 0.25) is 19.1 Å². The summed E-state index contributed by atoms with van der Waals surface area (Å²) in [6.45, 7) is 4.83. The van der Waals surface area contributed by atoms with Crippen LogP contribution >= 0.6 is 0 Å². The van der Waals surface area contributed by atoms with Crippen molar-refractivity contribution in [2.45, 2.75) is 32.0 Å². The predicted molar refractivity (Wildman–Crippen MR) is 110 cm³/mol. The number of benzene rings is 3. The molecule has 0 atom stereocenters. The number of hydrogen-bond acceptors (Lipinski definition) is 1. The summed E-state index contributed by atoms with van der Waals surface area (Å²) in [6.07, 6.45) is 2.04. The van der Waals surface area contributed by atoms with Crippen molar-refractivity contribution in [2.75, 3.05) is 0 Å². The van der Waals surface area contributed by atoms with Gasteiger partial charge in [0.05, 0.1) is 8.07 Å². The van der Waals surface area contributed by atoms with Gasteiger partial charge in [0, 0.05) is 0 Å². The molecule has 0 amide bonds. The van der Waals surface area contributed by atoms with Crippen LogP contribution in [0.3, 0.4) is 0 Å². The van der Waals surface area contributed by atoms with Crippen molar-refractivity contribution in [1.29, 1.82) is 0 Å². The van der Waals surface area contributed by atoms with E-state index in [0.717, 1.165) is 18.4 Å². The van der Waals surface area contributed by atoms with E-state index in [1.807, 2.05) is 42.5 Å². The molecule has 0 fully saturated rings. The van der Waals surface area contributed by atoms with E-state index in [4.69, 9.17) is 4.74 Å². The Morgan fingerprint density at radius 1 is 0.846 bits per heavy atom. The molecule has 1 nitrogen and oxygen atoms in total. The minimum atomic E-state index is -1.42. The molecule has 0 N–H and O–H groups in total. The Morgan fingerprint density at radius 2 is 1.50 bits per heavy atom. The Hall–Kier alpha value is -2.39. The van der Waals surface area contributed by atoms with Crippen LogP contribution in [0.5, 0.6) is 11.5 Å². The van der Waals surface area contributed by atoms with Crippen molar-refractivity contribution < 1.29 is 9.13 Å². The molecular formula is C23H25FOSi. The maximum atomic E-state index is 14.1. The Kier molecular flexibility index (Phi) is 5.89. The van der Waals surface area contributed by atoms with Crippen LogP contribution in [0.15, 0.2) is 78.9 Å². The van der Waals surface area contributed by atoms with Crippen LogP contribution in [0, 0.1) is 5.82 Å². The highest BCUT2D eigenvalue weighted by atomic mass is 28.3. The number of para-hydroxylation sites is 1. The molecule has 0 heterocycles. The lowest BCUT2D eigenvalue weighted by Crippen LogP contribution is -2.40. The second-order valence-corrected chi connectivity index (χ2v) is 12.1. The SMILES string of the molecule is C[Si](C)(CCCc1ccc(F)c(Oc2ccccc2)c1)c1ccccc1. The zero-order chi connectivity index (χ0) is 18.4. The smallest absolute Gasteiger partial charge is 0.165 e. The van der Waals surface area contributed by atoms with Gasteiger partial charge in [-0.1, -0.05) is 85.3 Å². The summed E-state index contributed by atoms with van der Waals surface area (Å²) in [4.78, 5) is 0. The molecule has 0 bridgehead atoms. The van der Waals surface area contributed by atoms with Gasteiger partial charge in [0.2, 0.25) is 0 Å². The summed E-state index contributed by atoms with van der Waals surface area (Å²) in [7, 11) is -1.42. The molecule has 0 aromatic heterocycles. The molecule has 0 aliphatic carbocycles. The molecule has 0 saturated heterocycles. The number of rotatable bonds is 7. The van der Waals surface area contributed by atoms with Crippen molar-refractivity contribution in [3.05, 3.63) is 90.2 Å². The van der Waals surface area contributed by atoms with Crippen LogP contribution in [0.1, 0.15) is 12.0 Å². The normalized spacial score (nSPS) is 11.3. The van der Waals surface area contributed by atoms with E-state index in [2.05, 4.69) is 43.4 Å². The molecule has 0 saturated carbocycles. The first-order valence-corrected chi connectivity index (χ1v) is 12.3. The van der Waals surface area contributed by atoms with Crippen LogP contribution in [-0.2, 0) is 6.42 Å². The lowest BCUT2D eigenvalue weighted by molar-refractivity contribution is 0.441. The van der Waals surface area contributed by atoms with Crippen molar-refractivity contribution >= 4 is 13.3 Å². The third-order valence-electron chi connectivity index (χ3n) is 4.79. The second kappa shape index (κ2) is 8.32. The van der Waals surface area contributed by atoms with Gasteiger partial charge >= 0.3 is 0 Å². The van der Waals surface area contributed by atoms with E-state index in [9.17, 15) is 4.39 Å². The summed E-state index contributed by atoms with van der Waals surface area (Å²) in [5.41, 5.74) is 1.12. The zero-order valence-corrected chi connectivity index (χ0v) is 16.4. The maximum Gasteiger partial charge on any atom is 0.165 e. The summed E-state index contributed by atoms with van der Waals surface area (Å²) in [5.74, 6) is 0.631. The van der Waals surface area contributed by atoms with Gasteiger partial charge in [-0.3, -0.25) is 0 Å². The first kappa shape index (κ1) is 18.4. The molecule has 0 radical (unpaired) electrons. The van der Waals surface area contributed by atoms with Gasteiger partial charge in [-0.2, -0.15) is 0 Å². The Balaban J connectivity index is 1.63. The Morgan fingerprint density at radius 3 is 2.19 bits per heavy atom. The standard InChI is InChI=1S/C23H25FOSi/c1-26(2,21-13-7-4-8-14-21)17-9-10-19-15-16-22(24)23(18-19)25-20-11-5-3-6-12-20/h3-8,11-16,18H,9-10,17H2,1-2H3. The number of ether oxygens (including phenoxy) is 1. The van der Waals surface area contributed by atoms with Gasteiger partial charge < -0.3 is 4.74 Å². The molecule has 3 heteroatoms. The third-order valence-corrected chi connectivity index (χ3v) is 8.29. The van der Waals surface area contributed by atoms with Crippen molar-refractivity contribution in [1.82, 2.24) is 0 Å². The molecular weight excluding hydrogens is 339 g/mol. The summed E-state index contributed by atoms with van der Waals surface area (Å²) in [6, 6.07) is 26.6. The van der Waals surface area contributed by atoms with Gasteiger partial charge in [-0.15, -0.1) is 0 Å². The topological polar surface area (TPSA) is 9.23 Å². The summed E-state index contributed by atoms with van der Waals surface area (Å²) < 4.78 is 19.8. The minimum absolute atomic E-state index is 0.299. The van der Waals surface area contributed by atoms with Crippen LogP contribution in [-0.4, -0.2) is 8.07 Å². The largest absolute Gasteiger partial charge is 0.454 e. The van der Waals surface area contributed by atoms with E-state index in [1.54, 1.807) is 0 Å².